The van der Waals surface area contributed by atoms with Gasteiger partial charge < -0.3 is 9.68 Å². The van der Waals surface area contributed by atoms with E-state index in [4.69, 9.17) is 9.68 Å². The van der Waals surface area contributed by atoms with E-state index in [1.165, 1.54) is 22.3 Å². The van der Waals surface area contributed by atoms with E-state index in [1.807, 2.05) is 74.5 Å². The summed E-state index contributed by atoms with van der Waals surface area (Å²) in [4.78, 5) is 11.2. The van der Waals surface area contributed by atoms with Crippen LogP contribution in [-0.2, 0) is 29.3 Å². The molecule has 5 rings (SSSR count). The molecule has 0 heterocycles. The molecule has 0 atom stereocenters. The SMILES string of the molecule is C/C(=N\OCc1ccccc1)c1ccc2c(c1)Cc1cc(/C(C)=N/OCc3ccccc3)ccc1-2. The lowest BCUT2D eigenvalue weighted by molar-refractivity contribution is 0.130. The third kappa shape index (κ3) is 5.33. The Labute approximate surface area is 206 Å². The van der Waals surface area contributed by atoms with E-state index < -0.39 is 0 Å². The number of nitrogens with zero attached hydrogens (tertiary/aromatic N) is 2. The second kappa shape index (κ2) is 10.4. The summed E-state index contributed by atoms with van der Waals surface area (Å²) in [6.07, 6.45) is 0.892. The summed E-state index contributed by atoms with van der Waals surface area (Å²) in [5.74, 6) is 0. The molecule has 0 bridgehead atoms. The van der Waals surface area contributed by atoms with Crippen molar-refractivity contribution < 1.29 is 9.68 Å². The van der Waals surface area contributed by atoms with Crippen molar-refractivity contribution in [1.29, 1.82) is 0 Å². The molecule has 0 saturated heterocycles. The van der Waals surface area contributed by atoms with Gasteiger partial charge in [-0.2, -0.15) is 0 Å². The zero-order chi connectivity index (χ0) is 24.0. The average molecular weight is 461 g/mol. The molecule has 4 heteroatoms. The van der Waals surface area contributed by atoms with Crippen LogP contribution in [0, 0.1) is 0 Å². The maximum absolute atomic E-state index is 5.58. The molecule has 0 saturated carbocycles. The zero-order valence-corrected chi connectivity index (χ0v) is 20.1. The van der Waals surface area contributed by atoms with Crippen LogP contribution in [0.1, 0.15) is 47.2 Å². The Hall–Kier alpha value is -4.18. The summed E-state index contributed by atoms with van der Waals surface area (Å²) in [6, 6.07) is 33.2. The van der Waals surface area contributed by atoms with E-state index in [-0.39, 0.29) is 0 Å². The van der Waals surface area contributed by atoms with Gasteiger partial charge in [0.1, 0.15) is 13.2 Å². The first-order valence-electron chi connectivity index (χ1n) is 11.9. The van der Waals surface area contributed by atoms with Crippen molar-refractivity contribution in [3.05, 3.63) is 130 Å². The van der Waals surface area contributed by atoms with E-state index in [0.29, 0.717) is 13.2 Å². The van der Waals surface area contributed by atoms with Gasteiger partial charge in [0.25, 0.3) is 0 Å². The highest BCUT2D eigenvalue weighted by molar-refractivity contribution is 6.01. The third-order valence-electron chi connectivity index (χ3n) is 6.27. The van der Waals surface area contributed by atoms with Gasteiger partial charge in [-0.25, -0.2) is 0 Å². The van der Waals surface area contributed by atoms with Crippen molar-refractivity contribution >= 4 is 11.4 Å². The standard InChI is InChI=1S/C31H28N2O2/c1-22(32-34-20-24-9-5-3-6-10-24)26-13-15-30-28(17-26)19-29-18-27(14-16-31(29)30)23(2)33-35-21-25-11-7-4-8-12-25/h3-18H,19-21H2,1-2H3/b32-22+,33-23+. The first-order chi connectivity index (χ1) is 17.2. The largest absolute Gasteiger partial charge is 0.391 e. The van der Waals surface area contributed by atoms with Crippen LogP contribution in [0.4, 0.5) is 0 Å². The number of rotatable bonds is 8. The fraction of sp³-hybridized carbons (Fsp3) is 0.161. The molecule has 1 aliphatic rings. The second-order valence-electron chi connectivity index (χ2n) is 8.79. The zero-order valence-electron chi connectivity index (χ0n) is 20.1. The Balaban J connectivity index is 1.25. The monoisotopic (exact) mass is 460 g/mol. The van der Waals surface area contributed by atoms with Gasteiger partial charge in [-0.05, 0) is 76.9 Å². The highest BCUT2D eigenvalue weighted by atomic mass is 16.6. The van der Waals surface area contributed by atoms with Crippen LogP contribution in [0.25, 0.3) is 11.1 Å². The van der Waals surface area contributed by atoms with Crippen molar-refractivity contribution in [3.8, 4) is 11.1 Å². The van der Waals surface area contributed by atoms with Crippen molar-refractivity contribution in [3.63, 3.8) is 0 Å². The molecule has 0 amide bonds. The number of hydrogen-bond acceptors (Lipinski definition) is 4. The van der Waals surface area contributed by atoms with Gasteiger partial charge in [-0.15, -0.1) is 0 Å². The predicted octanol–water partition coefficient (Wildman–Crippen LogP) is 7.14. The molecular weight excluding hydrogens is 432 g/mol. The minimum atomic E-state index is 0.466. The van der Waals surface area contributed by atoms with Gasteiger partial charge in [-0.1, -0.05) is 95.2 Å². The lowest BCUT2D eigenvalue weighted by atomic mass is 10.0. The van der Waals surface area contributed by atoms with E-state index >= 15 is 0 Å². The molecule has 0 unspecified atom stereocenters. The topological polar surface area (TPSA) is 43.2 Å². The molecule has 0 aliphatic heterocycles. The number of benzene rings is 4. The van der Waals surface area contributed by atoms with Crippen molar-refractivity contribution in [2.24, 2.45) is 10.3 Å². The fourth-order valence-corrected chi connectivity index (χ4v) is 4.32. The normalized spacial score (nSPS) is 12.7. The average Bonchev–Trinajstić information content (AvgIpc) is 3.27. The summed E-state index contributed by atoms with van der Waals surface area (Å²) >= 11 is 0. The van der Waals surface area contributed by atoms with Crippen LogP contribution in [0.2, 0.25) is 0 Å². The molecule has 0 spiro atoms. The summed E-state index contributed by atoms with van der Waals surface area (Å²) in [6.45, 7) is 4.91. The maximum atomic E-state index is 5.58. The minimum Gasteiger partial charge on any atom is -0.391 e. The number of hydrogen-bond donors (Lipinski definition) is 0. The molecule has 174 valence electrons. The van der Waals surface area contributed by atoms with Gasteiger partial charge >= 0.3 is 0 Å². The fourth-order valence-electron chi connectivity index (χ4n) is 4.32. The van der Waals surface area contributed by atoms with Gasteiger partial charge in [0.05, 0.1) is 11.4 Å². The molecular formula is C31H28N2O2. The second-order valence-corrected chi connectivity index (χ2v) is 8.79. The van der Waals surface area contributed by atoms with E-state index in [9.17, 15) is 0 Å². The Kier molecular flexibility index (Phi) is 6.71. The van der Waals surface area contributed by atoms with E-state index in [0.717, 1.165) is 40.1 Å². The molecule has 35 heavy (non-hydrogen) atoms. The Morgan fingerprint density at radius 3 is 1.46 bits per heavy atom. The van der Waals surface area contributed by atoms with Crippen molar-refractivity contribution in [2.45, 2.75) is 33.5 Å². The molecule has 4 aromatic rings. The highest BCUT2D eigenvalue weighted by Crippen LogP contribution is 2.37. The molecule has 4 aromatic carbocycles. The van der Waals surface area contributed by atoms with Crippen LogP contribution in [0.5, 0.6) is 0 Å². The lowest BCUT2D eigenvalue weighted by Gasteiger charge is -2.07. The molecule has 1 aliphatic carbocycles. The molecule has 0 fully saturated rings. The van der Waals surface area contributed by atoms with Crippen LogP contribution in [-0.4, -0.2) is 11.4 Å². The third-order valence-corrected chi connectivity index (χ3v) is 6.27. The lowest BCUT2D eigenvalue weighted by Crippen LogP contribution is -1.98. The number of fused-ring (bicyclic) bond motifs is 3. The van der Waals surface area contributed by atoms with Crippen molar-refractivity contribution in [1.82, 2.24) is 0 Å². The summed E-state index contributed by atoms with van der Waals surface area (Å²) in [5, 5.41) is 8.68. The van der Waals surface area contributed by atoms with Gasteiger partial charge in [-0.3, -0.25) is 0 Å². The van der Waals surface area contributed by atoms with Crippen LogP contribution in [0.3, 0.4) is 0 Å². The minimum absolute atomic E-state index is 0.466. The summed E-state index contributed by atoms with van der Waals surface area (Å²) < 4.78 is 0. The smallest absolute Gasteiger partial charge is 0.142 e. The molecule has 0 radical (unpaired) electrons. The highest BCUT2D eigenvalue weighted by Gasteiger charge is 2.20. The first-order valence-corrected chi connectivity index (χ1v) is 11.9. The van der Waals surface area contributed by atoms with Gasteiger partial charge in [0.15, 0.2) is 0 Å². The quantitative estimate of drug-likeness (QED) is 0.182. The summed E-state index contributed by atoms with van der Waals surface area (Å²) in [7, 11) is 0. The maximum Gasteiger partial charge on any atom is 0.142 e. The van der Waals surface area contributed by atoms with Crippen LogP contribution in [0.15, 0.2) is 107 Å². The first kappa shape index (κ1) is 22.6. The predicted molar refractivity (Wildman–Crippen MR) is 142 cm³/mol. The summed E-state index contributed by atoms with van der Waals surface area (Å²) in [5.41, 5.74) is 11.3. The van der Waals surface area contributed by atoms with Crippen LogP contribution >= 0.6 is 0 Å². The Morgan fingerprint density at radius 2 is 1.03 bits per heavy atom. The van der Waals surface area contributed by atoms with E-state index in [2.05, 4.69) is 46.7 Å². The number of oxime groups is 2. The van der Waals surface area contributed by atoms with Gasteiger partial charge in [0.2, 0.25) is 0 Å². The molecule has 4 nitrogen and oxygen atoms in total. The van der Waals surface area contributed by atoms with Crippen molar-refractivity contribution in [2.75, 3.05) is 0 Å². The van der Waals surface area contributed by atoms with Gasteiger partial charge in [0, 0.05) is 0 Å². The Morgan fingerprint density at radius 1 is 0.600 bits per heavy atom. The Bertz CT molecular complexity index is 1270. The van der Waals surface area contributed by atoms with E-state index in [1.54, 1.807) is 0 Å². The molecule has 0 N–H and O–H groups in total. The van der Waals surface area contributed by atoms with Crippen LogP contribution < -0.4 is 0 Å². The molecule has 0 aromatic heterocycles.